The Bertz CT molecular complexity index is 1370. The summed E-state index contributed by atoms with van der Waals surface area (Å²) in [5.41, 5.74) is 0.424. The van der Waals surface area contributed by atoms with Gasteiger partial charge >= 0.3 is 0 Å². The second-order valence-electron chi connectivity index (χ2n) is 10.5. The highest BCUT2D eigenvalue weighted by Gasteiger charge is 2.31. The molecular weight excluding hydrogens is 570 g/mol. The number of ether oxygens (including phenoxy) is 2. The first kappa shape index (κ1) is 29.6. The molecule has 3 saturated heterocycles. The van der Waals surface area contributed by atoms with Gasteiger partial charge in [0.1, 0.15) is 0 Å². The highest BCUT2D eigenvalue weighted by molar-refractivity contribution is 7.92. The van der Waals surface area contributed by atoms with Crippen LogP contribution in [-0.4, -0.2) is 104 Å². The molecule has 2 amide bonds. The molecule has 1 N–H and O–H groups in total. The number of hydrogen-bond acceptors (Lipinski definition) is 11. The van der Waals surface area contributed by atoms with E-state index >= 15 is 0 Å². The normalized spacial score (nSPS) is 24.0. The number of carbonyl (C=O) groups excluding carboxylic acids is 2. The van der Waals surface area contributed by atoms with E-state index in [-0.39, 0.29) is 35.3 Å². The molecule has 0 aliphatic carbocycles. The molecule has 3 fully saturated rings. The van der Waals surface area contributed by atoms with Crippen LogP contribution in [0.25, 0.3) is 0 Å². The zero-order valence-corrected chi connectivity index (χ0v) is 24.8. The first-order chi connectivity index (χ1) is 19.7. The summed E-state index contributed by atoms with van der Waals surface area (Å²) in [4.78, 5) is 40.4. The molecule has 0 saturated carbocycles. The number of hydrogen-bond donors (Lipinski definition) is 1. The van der Waals surface area contributed by atoms with Crippen molar-refractivity contribution in [3.8, 4) is 0 Å². The number of piperazine rings is 1. The molecule has 3 aliphatic heterocycles. The van der Waals surface area contributed by atoms with Gasteiger partial charge in [-0.05, 0) is 25.5 Å². The molecule has 5 rings (SSSR count). The highest BCUT2D eigenvalue weighted by Crippen LogP contribution is 2.25. The number of anilines is 1. The molecule has 2 aromatic rings. The number of amides is 2. The van der Waals surface area contributed by atoms with Crippen molar-refractivity contribution in [2.24, 2.45) is 5.16 Å². The van der Waals surface area contributed by atoms with Gasteiger partial charge in [-0.15, -0.1) is 11.3 Å². The van der Waals surface area contributed by atoms with Gasteiger partial charge in [-0.25, -0.2) is 13.4 Å². The lowest BCUT2D eigenvalue weighted by Gasteiger charge is -2.39. The van der Waals surface area contributed by atoms with Crippen LogP contribution in [0.3, 0.4) is 0 Å². The zero-order chi connectivity index (χ0) is 29.0. The minimum atomic E-state index is -3.54. The van der Waals surface area contributed by atoms with Crippen LogP contribution < -0.4 is 5.32 Å². The van der Waals surface area contributed by atoms with Gasteiger partial charge < -0.3 is 19.2 Å². The van der Waals surface area contributed by atoms with E-state index in [4.69, 9.17) is 14.3 Å². The number of nitrogens with zero attached hydrogens (tertiary/aromatic N) is 4. The molecule has 12 nitrogen and oxygen atoms in total. The summed E-state index contributed by atoms with van der Waals surface area (Å²) in [6, 6.07) is 6.22. The largest absolute Gasteiger partial charge is 0.389 e. The molecule has 0 bridgehead atoms. The topological polar surface area (TPSA) is 140 Å². The van der Waals surface area contributed by atoms with Crippen LogP contribution >= 0.6 is 11.3 Å². The molecule has 0 unspecified atom stereocenters. The Morgan fingerprint density at radius 2 is 1.90 bits per heavy atom. The number of thiazole rings is 1. The van der Waals surface area contributed by atoms with Gasteiger partial charge in [0.2, 0.25) is 5.91 Å². The van der Waals surface area contributed by atoms with Crippen molar-refractivity contribution in [1.82, 2.24) is 14.8 Å². The lowest BCUT2D eigenvalue weighted by atomic mass is 10.1. The van der Waals surface area contributed by atoms with Gasteiger partial charge in [0.15, 0.2) is 26.8 Å². The van der Waals surface area contributed by atoms with Gasteiger partial charge in [-0.2, -0.15) is 0 Å². The summed E-state index contributed by atoms with van der Waals surface area (Å²) < 4.78 is 36.5. The van der Waals surface area contributed by atoms with Gasteiger partial charge in [-0.3, -0.25) is 19.8 Å². The number of rotatable bonds is 9. The summed E-state index contributed by atoms with van der Waals surface area (Å²) in [6.07, 6.45) is 2.59. The molecule has 1 aromatic carbocycles. The van der Waals surface area contributed by atoms with Crippen LogP contribution in [0, 0.1) is 0 Å². The van der Waals surface area contributed by atoms with Gasteiger partial charge in [0.05, 0.1) is 30.0 Å². The van der Waals surface area contributed by atoms with E-state index in [1.165, 1.54) is 23.5 Å². The summed E-state index contributed by atoms with van der Waals surface area (Å²) in [6.45, 7) is 8.05. The van der Waals surface area contributed by atoms with Crippen molar-refractivity contribution in [3.63, 3.8) is 0 Å². The summed E-state index contributed by atoms with van der Waals surface area (Å²) in [5, 5.41) is 6.82. The third-order valence-corrected chi connectivity index (χ3v) is 10.5. The number of carbonyl (C=O) groups is 2. The molecule has 3 atom stereocenters. The summed E-state index contributed by atoms with van der Waals surface area (Å²) in [7, 11) is -3.54. The standard InChI is InChI=1S/C27H35N5O7S2/c1-18-14-31(9-10-32(18)19(2)33)15-22-13-28-27(40-22)29-26(34)25(30-39-21-7-11-37-16-21)20-3-5-23(6-4-20)41(35,36)24-8-12-38-17-24/h3-6,13,18,21,24H,7-12,14-17H2,1-2H3,(H,28,29,34)/b30-25+/t18-,21+,24-/m0/s1. The summed E-state index contributed by atoms with van der Waals surface area (Å²) >= 11 is 1.37. The van der Waals surface area contributed by atoms with Crippen molar-refractivity contribution in [2.45, 2.75) is 55.5 Å². The molecule has 3 aliphatic rings. The highest BCUT2D eigenvalue weighted by atomic mass is 32.2. The van der Waals surface area contributed by atoms with E-state index in [0.717, 1.165) is 18.0 Å². The average molecular weight is 606 g/mol. The lowest BCUT2D eigenvalue weighted by Crippen LogP contribution is -2.52. The third kappa shape index (κ3) is 7.12. The molecule has 0 radical (unpaired) electrons. The first-order valence-electron chi connectivity index (χ1n) is 13.7. The monoisotopic (exact) mass is 605 g/mol. The van der Waals surface area contributed by atoms with Crippen molar-refractivity contribution in [2.75, 3.05) is 51.4 Å². The maximum atomic E-state index is 13.4. The van der Waals surface area contributed by atoms with Crippen molar-refractivity contribution in [3.05, 3.63) is 40.9 Å². The third-order valence-electron chi connectivity index (χ3n) is 7.45. The Balaban J connectivity index is 1.27. The van der Waals surface area contributed by atoms with Crippen LogP contribution in [0.4, 0.5) is 5.13 Å². The van der Waals surface area contributed by atoms with Crippen molar-refractivity contribution >= 4 is 43.8 Å². The molecule has 222 valence electrons. The number of sulfone groups is 1. The SMILES string of the molecule is CC(=O)N1CCN(Cc2cnc(NC(=O)/C(=N/O[C@@H]3CCOC3)c3ccc(S(=O)(=O)[C@H]4CCOC4)cc3)s2)C[C@@H]1C. The van der Waals surface area contributed by atoms with Crippen LogP contribution in [0.15, 0.2) is 40.5 Å². The fourth-order valence-electron chi connectivity index (χ4n) is 5.16. The molecule has 41 heavy (non-hydrogen) atoms. The predicted molar refractivity (Wildman–Crippen MR) is 153 cm³/mol. The lowest BCUT2D eigenvalue weighted by molar-refractivity contribution is -0.133. The van der Waals surface area contributed by atoms with E-state index in [0.29, 0.717) is 56.4 Å². The average Bonchev–Trinajstić information content (AvgIpc) is 3.73. The Morgan fingerprint density at radius 1 is 1.15 bits per heavy atom. The number of nitrogens with one attached hydrogen (secondary N) is 1. The van der Waals surface area contributed by atoms with Gasteiger partial charge in [0.25, 0.3) is 5.91 Å². The molecule has 1 aromatic heterocycles. The smallest absolute Gasteiger partial charge is 0.280 e. The number of benzene rings is 1. The molecule has 0 spiro atoms. The van der Waals surface area contributed by atoms with Crippen LogP contribution in [0.1, 0.15) is 37.1 Å². The fraction of sp³-hybridized carbons (Fsp3) is 0.556. The maximum absolute atomic E-state index is 13.4. The van der Waals surface area contributed by atoms with Crippen molar-refractivity contribution < 1.29 is 32.3 Å². The second kappa shape index (κ2) is 12.9. The Labute approximate surface area is 243 Å². The van der Waals surface area contributed by atoms with Crippen LogP contribution in [0.2, 0.25) is 0 Å². The molecule has 14 heteroatoms. The minimum absolute atomic E-state index is 0.0102. The number of oxime groups is 1. The van der Waals surface area contributed by atoms with E-state index in [1.807, 2.05) is 11.8 Å². The maximum Gasteiger partial charge on any atom is 0.280 e. The van der Waals surface area contributed by atoms with E-state index in [9.17, 15) is 18.0 Å². The van der Waals surface area contributed by atoms with Crippen molar-refractivity contribution in [1.29, 1.82) is 0 Å². The summed E-state index contributed by atoms with van der Waals surface area (Å²) in [5.74, 6) is -0.435. The minimum Gasteiger partial charge on any atom is -0.389 e. The molecular formula is C27H35N5O7S2. The Hall–Kier alpha value is -2.91. The second-order valence-corrected chi connectivity index (χ2v) is 13.8. The van der Waals surface area contributed by atoms with E-state index < -0.39 is 21.0 Å². The van der Waals surface area contributed by atoms with E-state index in [1.54, 1.807) is 25.3 Å². The Morgan fingerprint density at radius 3 is 2.56 bits per heavy atom. The van der Waals surface area contributed by atoms with Gasteiger partial charge in [-0.1, -0.05) is 17.3 Å². The van der Waals surface area contributed by atoms with Crippen LogP contribution in [-0.2, 0) is 40.3 Å². The first-order valence-corrected chi connectivity index (χ1v) is 16.1. The predicted octanol–water partition coefficient (Wildman–Crippen LogP) is 1.91. The fourth-order valence-corrected chi connectivity index (χ4v) is 7.59. The zero-order valence-electron chi connectivity index (χ0n) is 23.2. The van der Waals surface area contributed by atoms with Gasteiger partial charge in [0, 0.05) is 68.8 Å². The number of aromatic nitrogens is 1. The Kier molecular flexibility index (Phi) is 9.34. The molecule has 4 heterocycles. The van der Waals surface area contributed by atoms with Crippen LogP contribution in [0.5, 0.6) is 0 Å². The van der Waals surface area contributed by atoms with E-state index in [2.05, 4.69) is 20.4 Å². The quantitative estimate of drug-likeness (QED) is 0.335.